The Balaban J connectivity index is 1.56. The number of hydrogen-bond donors (Lipinski definition) is 1. The lowest BCUT2D eigenvalue weighted by Crippen LogP contribution is -2.42. The fourth-order valence-corrected chi connectivity index (χ4v) is 2.60. The summed E-state index contributed by atoms with van der Waals surface area (Å²) in [6.07, 6.45) is 4.93. The lowest BCUT2D eigenvalue weighted by Gasteiger charge is -2.28. The molecule has 1 heterocycles. The Bertz CT molecular complexity index is 377. The molecular formula is C16H25FN2O. The Labute approximate surface area is 121 Å². The second kappa shape index (κ2) is 8.22. The van der Waals surface area contributed by atoms with Crippen molar-refractivity contribution in [2.75, 3.05) is 33.3 Å². The summed E-state index contributed by atoms with van der Waals surface area (Å²) < 4.78 is 18.3. The molecule has 0 bridgehead atoms. The van der Waals surface area contributed by atoms with E-state index in [0.717, 1.165) is 31.8 Å². The van der Waals surface area contributed by atoms with Gasteiger partial charge in [0.2, 0.25) is 0 Å². The van der Waals surface area contributed by atoms with Crippen LogP contribution in [-0.2, 0) is 0 Å². The summed E-state index contributed by atoms with van der Waals surface area (Å²) in [6.45, 7) is 3.97. The summed E-state index contributed by atoms with van der Waals surface area (Å²) >= 11 is 0. The first-order valence-electron chi connectivity index (χ1n) is 7.54. The van der Waals surface area contributed by atoms with Gasteiger partial charge in [0.1, 0.15) is 11.6 Å². The monoisotopic (exact) mass is 280 g/mol. The van der Waals surface area contributed by atoms with E-state index >= 15 is 0 Å². The van der Waals surface area contributed by atoms with E-state index in [1.54, 1.807) is 12.1 Å². The first-order chi connectivity index (χ1) is 9.74. The minimum atomic E-state index is -0.225. The average molecular weight is 280 g/mol. The van der Waals surface area contributed by atoms with Crippen LogP contribution in [0.4, 0.5) is 4.39 Å². The third-order valence-electron chi connectivity index (χ3n) is 3.71. The zero-order chi connectivity index (χ0) is 14.2. The fraction of sp³-hybridized carbons (Fsp3) is 0.625. The Morgan fingerprint density at radius 1 is 1.30 bits per heavy atom. The van der Waals surface area contributed by atoms with Crippen molar-refractivity contribution >= 4 is 0 Å². The molecule has 1 aromatic carbocycles. The number of piperidine rings is 1. The third kappa shape index (κ3) is 5.47. The molecule has 1 aliphatic heterocycles. The van der Waals surface area contributed by atoms with Crippen molar-refractivity contribution < 1.29 is 9.13 Å². The molecule has 1 aromatic rings. The topological polar surface area (TPSA) is 24.5 Å². The highest BCUT2D eigenvalue weighted by molar-refractivity contribution is 5.21. The van der Waals surface area contributed by atoms with E-state index in [0.29, 0.717) is 12.6 Å². The highest BCUT2D eigenvalue weighted by Crippen LogP contribution is 2.11. The van der Waals surface area contributed by atoms with Crippen LogP contribution >= 0.6 is 0 Å². The molecule has 0 amide bonds. The highest BCUT2D eigenvalue weighted by Gasteiger charge is 2.14. The molecule has 1 saturated heterocycles. The van der Waals surface area contributed by atoms with Crippen molar-refractivity contribution in [3.05, 3.63) is 30.1 Å². The van der Waals surface area contributed by atoms with Gasteiger partial charge in [0.25, 0.3) is 0 Å². The lowest BCUT2D eigenvalue weighted by atomic mass is 10.0. The van der Waals surface area contributed by atoms with Gasteiger partial charge in [0.05, 0.1) is 6.61 Å². The Morgan fingerprint density at radius 3 is 2.80 bits per heavy atom. The maximum absolute atomic E-state index is 12.7. The van der Waals surface area contributed by atoms with E-state index in [-0.39, 0.29) is 5.82 Å². The van der Waals surface area contributed by atoms with Crippen LogP contribution in [0.1, 0.15) is 25.7 Å². The highest BCUT2D eigenvalue weighted by atomic mass is 19.1. The van der Waals surface area contributed by atoms with Gasteiger partial charge in [-0.25, -0.2) is 4.39 Å². The number of hydrogen-bond acceptors (Lipinski definition) is 3. The molecule has 0 spiro atoms. The maximum Gasteiger partial charge on any atom is 0.123 e. The average Bonchev–Trinajstić information content (AvgIpc) is 2.46. The number of rotatable bonds is 7. The summed E-state index contributed by atoms with van der Waals surface area (Å²) in [5, 5.41) is 3.56. The van der Waals surface area contributed by atoms with Gasteiger partial charge < -0.3 is 15.0 Å². The van der Waals surface area contributed by atoms with Crippen LogP contribution < -0.4 is 10.1 Å². The number of halogens is 1. The van der Waals surface area contributed by atoms with Crippen LogP contribution in [0.15, 0.2) is 24.3 Å². The minimum Gasteiger partial charge on any atom is -0.494 e. The van der Waals surface area contributed by atoms with Gasteiger partial charge >= 0.3 is 0 Å². The normalized spacial score (nSPS) is 19.2. The zero-order valence-electron chi connectivity index (χ0n) is 12.3. The van der Waals surface area contributed by atoms with Crippen molar-refractivity contribution in [3.8, 4) is 5.75 Å². The van der Waals surface area contributed by atoms with Crippen molar-refractivity contribution in [2.45, 2.75) is 31.7 Å². The molecule has 0 saturated carbocycles. The van der Waals surface area contributed by atoms with Crippen molar-refractivity contribution in [1.29, 1.82) is 0 Å². The first-order valence-corrected chi connectivity index (χ1v) is 7.54. The van der Waals surface area contributed by atoms with Crippen LogP contribution in [0.3, 0.4) is 0 Å². The molecule has 0 aromatic heterocycles. The molecule has 1 fully saturated rings. The summed E-state index contributed by atoms with van der Waals surface area (Å²) in [4.78, 5) is 2.36. The van der Waals surface area contributed by atoms with E-state index in [2.05, 4.69) is 17.3 Å². The molecule has 1 unspecified atom stereocenters. The van der Waals surface area contributed by atoms with Crippen LogP contribution in [0.2, 0.25) is 0 Å². The van der Waals surface area contributed by atoms with Crippen LogP contribution in [-0.4, -0.2) is 44.2 Å². The number of likely N-dealkylation sites (N-methyl/N-ethyl adjacent to an activating group) is 1. The van der Waals surface area contributed by atoms with Crippen LogP contribution in [0.25, 0.3) is 0 Å². The third-order valence-corrected chi connectivity index (χ3v) is 3.71. The predicted octanol–water partition coefficient (Wildman–Crippen LogP) is 2.67. The fourth-order valence-electron chi connectivity index (χ4n) is 2.60. The molecule has 1 aliphatic rings. The van der Waals surface area contributed by atoms with Crippen molar-refractivity contribution in [1.82, 2.24) is 10.2 Å². The number of benzene rings is 1. The van der Waals surface area contributed by atoms with E-state index in [1.165, 1.54) is 31.4 Å². The number of nitrogens with zero attached hydrogens (tertiary/aromatic N) is 1. The van der Waals surface area contributed by atoms with Gasteiger partial charge in [0, 0.05) is 19.1 Å². The predicted molar refractivity (Wildman–Crippen MR) is 79.7 cm³/mol. The molecule has 112 valence electrons. The summed E-state index contributed by atoms with van der Waals surface area (Å²) in [5.41, 5.74) is 0. The summed E-state index contributed by atoms with van der Waals surface area (Å²) in [5.74, 6) is 0.514. The van der Waals surface area contributed by atoms with Gasteiger partial charge in [-0.15, -0.1) is 0 Å². The van der Waals surface area contributed by atoms with Crippen LogP contribution in [0, 0.1) is 5.82 Å². The van der Waals surface area contributed by atoms with E-state index in [4.69, 9.17) is 4.74 Å². The molecule has 20 heavy (non-hydrogen) atoms. The molecule has 0 radical (unpaired) electrons. The van der Waals surface area contributed by atoms with Crippen LogP contribution in [0.5, 0.6) is 5.75 Å². The smallest absolute Gasteiger partial charge is 0.123 e. The SMILES string of the molecule is CN(CCCOc1ccc(F)cc1)CC1CCCCN1. The van der Waals surface area contributed by atoms with E-state index in [1.807, 2.05) is 0 Å². The Hall–Kier alpha value is -1.13. The molecule has 1 N–H and O–H groups in total. The summed E-state index contributed by atoms with van der Waals surface area (Å²) in [6, 6.07) is 6.84. The standard InChI is InChI=1S/C16H25FN2O/c1-19(13-15-5-2-3-10-18-15)11-4-12-20-16-8-6-14(17)7-9-16/h6-9,15,18H,2-5,10-13H2,1H3. The van der Waals surface area contributed by atoms with Crippen molar-refractivity contribution in [2.24, 2.45) is 0 Å². The lowest BCUT2D eigenvalue weighted by molar-refractivity contribution is 0.233. The van der Waals surface area contributed by atoms with Crippen molar-refractivity contribution in [3.63, 3.8) is 0 Å². The second-order valence-electron chi connectivity index (χ2n) is 5.57. The Kier molecular flexibility index (Phi) is 6.27. The maximum atomic E-state index is 12.7. The molecular weight excluding hydrogens is 255 g/mol. The molecule has 0 aliphatic carbocycles. The van der Waals surface area contributed by atoms with Gasteiger partial charge in [0.15, 0.2) is 0 Å². The van der Waals surface area contributed by atoms with Gasteiger partial charge in [-0.3, -0.25) is 0 Å². The summed E-state index contributed by atoms with van der Waals surface area (Å²) in [7, 11) is 2.16. The number of ether oxygens (including phenoxy) is 1. The molecule has 4 heteroatoms. The van der Waals surface area contributed by atoms with E-state index < -0.39 is 0 Å². The zero-order valence-corrected chi connectivity index (χ0v) is 12.3. The molecule has 1 atom stereocenters. The van der Waals surface area contributed by atoms with E-state index in [9.17, 15) is 4.39 Å². The second-order valence-corrected chi connectivity index (χ2v) is 5.57. The number of nitrogens with one attached hydrogen (secondary N) is 1. The minimum absolute atomic E-state index is 0.225. The molecule has 2 rings (SSSR count). The largest absolute Gasteiger partial charge is 0.494 e. The van der Waals surface area contributed by atoms with Gasteiger partial charge in [-0.1, -0.05) is 6.42 Å². The van der Waals surface area contributed by atoms with Gasteiger partial charge in [-0.2, -0.15) is 0 Å². The first kappa shape index (κ1) is 15.3. The van der Waals surface area contributed by atoms with Gasteiger partial charge in [-0.05, 0) is 57.1 Å². The Morgan fingerprint density at radius 2 is 2.10 bits per heavy atom. The quantitative estimate of drug-likeness (QED) is 0.777. The molecule has 3 nitrogen and oxygen atoms in total.